The molecule has 0 atom stereocenters. The van der Waals surface area contributed by atoms with Gasteiger partial charge in [0.1, 0.15) is 4.38 Å². The quantitative estimate of drug-likeness (QED) is 0.769. The summed E-state index contributed by atoms with van der Waals surface area (Å²) in [4.78, 5) is 8.37. The molecule has 1 saturated heterocycles. The Kier molecular flexibility index (Phi) is 2.62. The molecule has 0 bridgehead atoms. The van der Waals surface area contributed by atoms with Gasteiger partial charge in [-0.3, -0.25) is 0 Å². The molecule has 1 aliphatic rings. The summed E-state index contributed by atoms with van der Waals surface area (Å²) >= 11 is 4.98. The van der Waals surface area contributed by atoms with Crippen LogP contribution in [0, 0.1) is 0 Å². The standard InChI is InChI=1S/C5H6N4S3/c1-10-4-6-3(8-9-4)7-5-11-2-12-5/h2H2,1H3,(H,6,8,9). The molecule has 0 amide bonds. The highest BCUT2D eigenvalue weighted by Crippen LogP contribution is 2.34. The highest BCUT2D eigenvalue weighted by molar-refractivity contribution is 8.52. The molecule has 0 aliphatic carbocycles. The van der Waals surface area contributed by atoms with E-state index in [4.69, 9.17) is 0 Å². The van der Waals surface area contributed by atoms with Gasteiger partial charge in [0.2, 0.25) is 11.1 Å². The summed E-state index contributed by atoms with van der Waals surface area (Å²) in [7, 11) is 0. The lowest BCUT2D eigenvalue weighted by Gasteiger charge is -2.10. The fraction of sp³-hybridized carbons (Fsp3) is 0.400. The van der Waals surface area contributed by atoms with Gasteiger partial charge in [0.05, 0.1) is 5.08 Å². The number of H-pyrrole nitrogens is 1. The van der Waals surface area contributed by atoms with Gasteiger partial charge in [-0.15, -0.1) is 5.10 Å². The van der Waals surface area contributed by atoms with Crippen molar-refractivity contribution in [3.05, 3.63) is 0 Å². The summed E-state index contributed by atoms with van der Waals surface area (Å²) in [5.74, 6) is 0.606. The maximum Gasteiger partial charge on any atom is 0.247 e. The Morgan fingerprint density at radius 3 is 2.92 bits per heavy atom. The van der Waals surface area contributed by atoms with E-state index in [0.29, 0.717) is 5.95 Å². The number of aromatic nitrogens is 3. The Morgan fingerprint density at radius 1 is 1.58 bits per heavy atom. The number of thioether (sulfide) groups is 3. The minimum atomic E-state index is 0.606. The summed E-state index contributed by atoms with van der Waals surface area (Å²) in [5, 5.41) is 8.55. The van der Waals surface area contributed by atoms with Crippen molar-refractivity contribution >= 4 is 45.6 Å². The largest absolute Gasteiger partial charge is 0.247 e. The summed E-state index contributed by atoms with van der Waals surface area (Å²) < 4.78 is 1.07. The van der Waals surface area contributed by atoms with Crippen LogP contribution in [-0.2, 0) is 0 Å². The van der Waals surface area contributed by atoms with Crippen molar-refractivity contribution in [2.24, 2.45) is 4.99 Å². The number of nitrogens with zero attached hydrogens (tertiary/aromatic N) is 3. The van der Waals surface area contributed by atoms with Crippen molar-refractivity contribution in [3.63, 3.8) is 0 Å². The third kappa shape index (κ3) is 1.78. The van der Waals surface area contributed by atoms with Crippen LogP contribution in [0.15, 0.2) is 10.1 Å². The third-order valence-corrected chi connectivity index (χ3v) is 4.07. The number of aliphatic imine (C=N–C) groups is 1. The van der Waals surface area contributed by atoms with Gasteiger partial charge >= 0.3 is 0 Å². The first kappa shape index (κ1) is 8.46. The van der Waals surface area contributed by atoms with E-state index in [9.17, 15) is 0 Å². The van der Waals surface area contributed by atoms with Crippen molar-refractivity contribution in [1.82, 2.24) is 15.2 Å². The van der Waals surface area contributed by atoms with E-state index in [0.717, 1.165) is 14.6 Å². The Labute approximate surface area is 82.4 Å². The van der Waals surface area contributed by atoms with Gasteiger partial charge in [0.15, 0.2) is 0 Å². The third-order valence-electron chi connectivity index (χ3n) is 1.20. The van der Waals surface area contributed by atoms with Crippen LogP contribution in [0.3, 0.4) is 0 Å². The summed E-state index contributed by atoms with van der Waals surface area (Å²) in [5.41, 5.74) is 0. The molecule has 0 unspecified atom stereocenters. The van der Waals surface area contributed by atoms with Gasteiger partial charge in [0.25, 0.3) is 0 Å². The van der Waals surface area contributed by atoms with E-state index >= 15 is 0 Å². The van der Waals surface area contributed by atoms with Gasteiger partial charge in [-0.2, -0.15) is 9.98 Å². The smallest absolute Gasteiger partial charge is 0.242 e. The van der Waals surface area contributed by atoms with Crippen LogP contribution in [0.25, 0.3) is 0 Å². The molecule has 1 aliphatic heterocycles. The van der Waals surface area contributed by atoms with Gasteiger partial charge in [-0.05, 0) is 6.26 Å². The van der Waals surface area contributed by atoms with Crippen LogP contribution in [0.5, 0.6) is 0 Å². The predicted molar refractivity (Wildman–Crippen MR) is 55.3 cm³/mol. The summed E-state index contributed by atoms with van der Waals surface area (Å²) in [6.45, 7) is 0. The predicted octanol–water partition coefficient (Wildman–Crippen LogP) is 1.95. The van der Waals surface area contributed by atoms with Crippen LogP contribution in [0.2, 0.25) is 0 Å². The molecule has 0 spiro atoms. The Bertz CT molecular complexity index is 301. The van der Waals surface area contributed by atoms with Gasteiger partial charge in [-0.25, -0.2) is 5.10 Å². The van der Waals surface area contributed by atoms with Gasteiger partial charge in [-0.1, -0.05) is 35.3 Å². The second kappa shape index (κ2) is 3.71. The monoisotopic (exact) mass is 218 g/mol. The zero-order chi connectivity index (χ0) is 8.39. The maximum atomic E-state index is 4.23. The average Bonchev–Trinajstić information content (AvgIpc) is 2.44. The van der Waals surface area contributed by atoms with E-state index in [1.807, 2.05) is 6.26 Å². The molecule has 2 heterocycles. The normalized spacial score (nSPS) is 15.9. The maximum absolute atomic E-state index is 4.23. The van der Waals surface area contributed by atoms with E-state index in [1.165, 1.54) is 11.8 Å². The van der Waals surface area contributed by atoms with E-state index in [1.54, 1.807) is 23.5 Å². The molecule has 1 aromatic rings. The lowest BCUT2D eigenvalue weighted by Crippen LogP contribution is -1.97. The number of aromatic amines is 1. The van der Waals surface area contributed by atoms with Crippen LogP contribution in [-0.4, -0.2) is 30.9 Å². The number of hydrogen-bond acceptors (Lipinski definition) is 6. The first-order chi connectivity index (χ1) is 5.88. The van der Waals surface area contributed by atoms with Crippen LogP contribution >= 0.6 is 35.3 Å². The average molecular weight is 218 g/mol. The fourth-order valence-electron chi connectivity index (χ4n) is 0.642. The van der Waals surface area contributed by atoms with Crippen LogP contribution < -0.4 is 0 Å². The van der Waals surface area contributed by atoms with Crippen LogP contribution in [0.1, 0.15) is 0 Å². The molecule has 4 nitrogen and oxygen atoms in total. The lowest BCUT2D eigenvalue weighted by molar-refractivity contribution is 0.976. The Hall–Kier alpha value is -0.140. The zero-order valence-electron chi connectivity index (χ0n) is 6.27. The lowest BCUT2D eigenvalue weighted by atomic mass is 11.1. The topological polar surface area (TPSA) is 53.9 Å². The van der Waals surface area contributed by atoms with E-state index < -0.39 is 0 Å². The molecule has 12 heavy (non-hydrogen) atoms. The van der Waals surface area contributed by atoms with Gasteiger partial charge < -0.3 is 0 Å². The Balaban J connectivity index is 2.12. The zero-order valence-corrected chi connectivity index (χ0v) is 8.72. The second-order valence-electron chi connectivity index (χ2n) is 1.93. The Morgan fingerprint density at radius 2 is 2.42 bits per heavy atom. The summed E-state index contributed by atoms with van der Waals surface area (Å²) in [6.07, 6.45) is 1.94. The summed E-state index contributed by atoms with van der Waals surface area (Å²) in [6, 6.07) is 0. The first-order valence-corrected chi connectivity index (χ1v) is 6.39. The molecular weight excluding hydrogens is 212 g/mol. The number of hydrogen-bond donors (Lipinski definition) is 1. The van der Waals surface area contributed by atoms with Crippen molar-refractivity contribution < 1.29 is 0 Å². The minimum absolute atomic E-state index is 0.606. The molecular formula is C5H6N4S3. The second-order valence-corrected chi connectivity index (χ2v) is 5.26. The SMILES string of the molecule is CSc1n[nH]c(N=C2SCS2)n1. The molecule has 0 aromatic carbocycles. The number of nitrogens with one attached hydrogen (secondary N) is 1. The van der Waals surface area contributed by atoms with Crippen molar-refractivity contribution in [2.75, 3.05) is 11.3 Å². The fourth-order valence-corrected chi connectivity index (χ4v) is 2.15. The molecule has 64 valence electrons. The van der Waals surface area contributed by atoms with E-state index in [2.05, 4.69) is 20.2 Å². The van der Waals surface area contributed by atoms with Crippen molar-refractivity contribution in [1.29, 1.82) is 0 Å². The highest BCUT2D eigenvalue weighted by atomic mass is 32.3. The molecule has 7 heteroatoms. The van der Waals surface area contributed by atoms with Crippen LogP contribution in [0.4, 0.5) is 5.95 Å². The number of rotatable bonds is 2. The first-order valence-electron chi connectivity index (χ1n) is 3.19. The highest BCUT2D eigenvalue weighted by Gasteiger charge is 2.13. The molecule has 1 aromatic heterocycles. The molecule has 1 N–H and O–H groups in total. The molecule has 0 radical (unpaired) electrons. The van der Waals surface area contributed by atoms with Crippen molar-refractivity contribution in [3.8, 4) is 0 Å². The van der Waals surface area contributed by atoms with E-state index in [-0.39, 0.29) is 0 Å². The minimum Gasteiger partial charge on any atom is -0.242 e. The molecule has 0 saturated carbocycles. The molecule has 2 rings (SSSR count). The molecule has 1 fully saturated rings. The van der Waals surface area contributed by atoms with Gasteiger partial charge in [0, 0.05) is 0 Å². The van der Waals surface area contributed by atoms with Crippen molar-refractivity contribution in [2.45, 2.75) is 5.16 Å².